The van der Waals surface area contributed by atoms with Gasteiger partial charge in [0, 0.05) is 5.69 Å². The minimum atomic E-state index is -4.33. The second-order valence-corrected chi connectivity index (χ2v) is 3.62. The van der Waals surface area contributed by atoms with E-state index in [2.05, 4.69) is 5.32 Å². The van der Waals surface area contributed by atoms with Crippen molar-refractivity contribution in [1.29, 1.82) is 0 Å². The van der Waals surface area contributed by atoms with E-state index in [-0.39, 0.29) is 5.69 Å². The zero-order valence-corrected chi connectivity index (χ0v) is 9.06. The Balaban J connectivity index is 2.90. The van der Waals surface area contributed by atoms with E-state index in [1.165, 1.54) is 12.1 Å². The van der Waals surface area contributed by atoms with Crippen LogP contribution in [0.15, 0.2) is 18.2 Å². The average Bonchev–Trinajstić information content (AvgIpc) is 2.19. The maximum Gasteiger partial charge on any atom is 0.416 e. The highest BCUT2D eigenvalue weighted by atomic mass is 19.4. The standard InChI is InChI=1S/C11H15F3N2/c1-16-6-2-3-8-4-5-9(15)7-10(8)11(12,13)14/h4-5,7,16H,2-3,6,15H2,1H3. The van der Waals surface area contributed by atoms with E-state index in [0.29, 0.717) is 24.9 Å². The Morgan fingerprint density at radius 3 is 2.56 bits per heavy atom. The van der Waals surface area contributed by atoms with E-state index in [9.17, 15) is 13.2 Å². The van der Waals surface area contributed by atoms with Gasteiger partial charge >= 0.3 is 6.18 Å². The lowest BCUT2D eigenvalue weighted by Crippen LogP contribution is -2.13. The fourth-order valence-electron chi connectivity index (χ4n) is 1.53. The smallest absolute Gasteiger partial charge is 0.399 e. The van der Waals surface area contributed by atoms with Gasteiger partial charge in [0.15, 0.2) is 0 Å². The number of nitrogen functional groups attached to an aromatic ring is 1. The quantitative estimate of drug-likeness (QED) is 0.618. The summed E-state index contributed by atoms with van der Waals surface area (Å²) >= 11 is 0. The van der Waals surface area contributed by atoms with E-state index in [1.54, 1.807) is 7.05 Å². The number of halogens is 3. The summed E-state index contributed by atoms with van der Waals surface area (Å²) in [7, 11) is 1.77. The third-order valence-corrected chi connectivity index (χ3v) is 2.31. The maximum absolute atomic E-state index is 12.7. The lowest BCUT2D eigenvalue weighted by molar-refractivity contribution is -0.138. The highest BCUT2D eigenvalue weighted by Crippen LogP contribution is 2.33. The van der Waals surface area contributed by atoms with E-state index in [0.717, 1.165) is 6.07 Å². The van der Waals surface area contributed by atoms with Crippen LogP contribution in [-0.4, -0.2) is 13.6 Å². The van der Waals surface area contributed by atoms with Gasteiger partial charge in [0.1, 0.15) is 0 Å². The first-order valence-corrected chi connectivity index (χ1v) is 5.05. The summed E-state index contributed by atoms with van der Waals surface area (Å²) < 4.78 is 38.0. The number of aryl methyl sites for hydroxylation is 1. The molecule has 0 aromatic heterocycles. The van der Waals surface area contributed by atoms with Crippen LogP contribution in [0, 0.1) is 0 Å². The summed E-state index contributed by atoms with van der Waals surface area (Å²) in [4.78, 5) is 0. The molecule has 0 saturated carbocycles. The molecule has 0 saturated heterocycles. The first kappa shape index (κ1) is 12.8. The number of rotatable bonds is 4. The maximum atomic E-state index is 12.7. The molecule has 0 amide bonds. The average molecular weight is 232 g/mol. The van der Waals surface area contributed by atoms with Crippen LogP contribution < -0.4 is 11.1 Å². The van der Waals surface area contributed by atoms with Gasteiger partial charge in [0.05, 0.1) is 5.56 Å². The first-order valence-electron chi connectivity index (χ1n) is 5.05. The molecule has 0 bridgehead atoms. The number of hydrogen-bond acceptors (Lipinski definition) is 2. The topological polar surface area (TPSA) is 38.0 Å². The Hall–Kier alpha value is -1.23. The van der Waals surface area contributed by atoms with Crippen molar-refractivity contribution >= 4 is 5.69 Å². The monoisotopic (exact) mass is 232 g/mol. The van der Waals surface area contributed by atoms with Gasteiger partial charge in [0.2, 0.25) is 0 Å². The number of benzene rings is 1. The third-order valence-electron chi connectivity index (χ3n) is 2.31. The number of anilines is 1. The van der Waals surface area contributed by atoms with Crippen LogP contribution in [0.3, 0.4) is 0 Å². The summed E-state index contributed by atoms with van der Waals surface area (Å²) in [6.45, 7) is 0.696. The Kier molecular flexibility index (Phi) is 4.18. The molecule has 0 spiro atoms. The molecule has 1 aromatic carbocycles. The minimum absolute atomic E-state index is 0.143. The minimum Gasteiger partial charge on any atom is -0.399 e. The number of hydrogen-bond donors (Lipinski definition) is 2. The second-order valence-electron chi connectivity index (χ2n) is 3.62. The number of nitrogens with one attached hydrogen (secondary N) is 1. The van der Waals surface area contributed by atoms with Crippen molar-refractivity contribution in [3.05, 3.63) is 29.3 Å². The lowest BCUT2D eigenvalue weighted by Gasteiger charge is -2.13. The van der Waals surface area contributed by atoms with Crippen LogP contribution in [0.2, 0.25) is 0 Å². The molecule has 0 atom stereocenters. The van der Waals surface area contributed by atoms with Crippen molar-refractivity contribution in [3.63, 3.8) is 0 Å². The number of alkyl halides is 3. The molecule has 0 radical (unpaired) electrons. The van der Waals surface area contributed by atoms with Crippen molar-refractivity contribution in [2.45, 2.75) is 19.0 Å². The Labute approximate surface area is 92.6 Å². The molecule has 5 heteroatoms. The molecule has 0 aliphatic rings. The summed E-state index contributed by atoms with van der Waals surface area (Å²) in [5, 5.41) is 2.90. The molecule has 0 aliphatic heterocycles. The summed E-state index contributed by atoms with van der Waals surface area (Å²) in [6.07, 6.45) is -3.26. The third kappa shape index (κ3) is 3.41. The van der Waals surface area contributed by atoms with Crippen molar-refractivity contribution < 1.29 is 13.2 Å². The normalized spacial score (nSPS) is 11.8. The van der Waals surface area contributed by atoms with E-state index >= 15 is 0 Å². The number of nitrogens with two attached hydrogens (primary N) is 1. The first-order chi connectivity index (χ1) is 7.45. The zero-order valence-electron chi connectivity index (χ0n) is 9.06. The molecule has 0 fully saturated rings. The highest BCUT2D eigenvalue weighted by Gasteiger charge is 2.33. The fraction of sp³-hybridized carbons (Fsp3) is 0.455. The molecule has 1 aromatic rings. The van der Waals surface area contributed by atoms with Crippen LogP contribution >= 0.6 is 0 Å². The highest BCUT2D eigenvalue weighted by molar-refractivity contribution is 5.46. The van der Waals surface area contributed by atoms with Gasteiger partial charge in [-0.3, -0.25) is 0 Å². The molecular formula is C11H15F3N2. The molecule has 0 unspecified atom stereocenters. The molecule has 90 valence electrons. The second kappa shape index (κ2) is 5.21. The van der Waals surface area contributed by atoms with Crippen LogP contribution in [0.4, 0.5) is 18.9 Å². The zero-order chi connectivity index (χ0) is 12.2. The largest absolute Gasteiger partial charge is 0.416 e. The van der Waals surface area contributed by atoms with Gasteiger partial charge in [0.25, 0.3) is 0 Å². The van der Waals surface area contributed by atoms with Gasteiger partial charge in [-0.2, -0.15) is 13.2 Å². The van der Waals surface area contributed by atoms with E-state index in [4.69, 9.17) is 5.73 Å². The van der Waals surface area contributed by atoms with Crippen LogP contribution in [0.1, 0.15) is 17.5 Å². The van der Waals surface area contributed by atoms with Gasteiger partial charge < -0.3 is 11.1 Å². The summed E-state index contributed by atoms with van der Waals surface area (Å²) in [5.41, 5.74) is 5.19. The lowest BCUT2D eigenvalue weighted by atomic mass is 10.0. The Bertz CT molecular complexity index is 348. The van der Waals surface area contributed by atoms with Crippen molar-refractivity contribution in [2.75, 3.05) is 19.3 Å². The Morgan fingerprint density at radius 1 is 1.31 bits per heavy atom. The molecule has 1 rings (SSSR count). The fourth-order valence-corrected chi connectivity index (χ4v) is 1.53. The molecule has 0 aliphatic carbocycles. The van der Waals surface area contributed by atoms with Gasteiger partial charge in [-0.25, -0.2) is 0 Å². The van der Waals surface area contributed by atoms with Gasteiger partial charge in [-0.1, -0.05) is 6.07 Å². The van der Waals surface area contributed by atoms with Crippen LogP contribution in [0.5, 0.6) is 0 Å². The van der Waals surface area contributed by atoms with Gasteiger partial charge in [-0.15, -0.1) is 0 Å². The predicted octanol–water partition coefficient (Wildman–Crippen LogP) is 2.44. The molecular weight excluding hydrogens is 217 g/mol. The van der Waals surface area contributed by atoms with E-state index < -0.39 is 11.7 Å². The van der Waals surface area contributed by atoms with Crippen molar-refractivity contribution in [3.8, 4) is 0 Å². The van der Waals surface area contributed by atoms with Gasteiger partial charge in [-0.05, 0) is 44.1 Å². The summed E-state index contributed by atoms with van der Waals surface area (Å²) in [6, 6.07) is 3.95. The van der Waals surface area contributed by atoms with Crippen molar-refractivity contribution in [1.82, 2.24) is 5.32 Å². The SMILES string of the molecule is CNCCCc1ccc(N)cc1C(F)(F)F. The predicted molar refractivity (Wildman–Crippen MR) is 58.1 cm³/mol. The summed E-state index contributed by atoms with van der Waals surface area (Å²) in [5.74, 6) is 0. The van der Waals surface area contributed by atoms with E-state index in [1.807, 2.05) is 0 Å². The molecule has 2 nitrogen and oxygen atoms in total. The van der Waals surface area contributed by atoms with Crippen molar-refractivity contribution in [2.24, 2.45) is 0 Å². The Morgan fingerprint density at radius 2 is 2.00 bits per heavy atom. The molecule has 0 heterocycles. The molecule has 3 N–H and O–H groups in total. The molecule has 16 heavy (non-hydrogen) atoms. The van der Waals surface area contributed by atoms with Crippen LogP contribution in [0.25, 0.3) is 0 Å². The van der Waals surface area contributed by atoms with Crippen LogP contribution in [-0.2, 0) is 12.6 Å².